The van der Waals surface area contributed by atoms with E-state index in [4.69, 9.17) is 6.42 Å². The molecule has 2 aromatic heterocycles. The molecule has 3 aromatic rings. The molecule has 0 saturated heterocycles. The molecule has 0 fully saturated rings. The average Bonchev–Trinajstić information content (AvgIpc) is 2.51. The number of hydrogen-bond donors (Lipinski definition) is 0. The highest BCUT2D eigenvalue weighted by atomic mass is 16.1. The third-order valence-corrected chi connectivity index (χ3v) is 3.20. The Morgan fingerprint density at radius 1 is 1.15 bits per heavy atom. The minimum Gasteiger partial charge on any atom is -0.281 e. The zero-order valence-corrected chi connectivity index (χ0v) is 10.8. The van der Waals surface area contributed by atoms with Crippen molar-refractivity contribution in [2.75, 3.05) is 0 Å². The topological polar surface area (TPSA) is 34.9 Å². The Balaban J connectivity index is 2.39. The number of nitrogens with zero attached hydrogens (tertiary/aromatic N) is 2. The van der Waals surface area contributed by atoms with Gasteiger partial charge in [0.2, 0.25) is 0 Å². The minimum absolute atomic E-state index is 0.131. The molecule has 0 aliphatic heterocycles. The maximum atomic E-state index is 12.2. The molecule has 0 N–H and O–H groups in total. The molecule has 0 spiro atoms. The Kier molecular flexibility index (Phi) is 3.06. The van der Waals surface area contributed by atoms with Crippen molar-refractivity contribution in [2.24, 2.45) is 0 Å². The van der Waals surface area contributed by atoms with E-state index in [1.165, 1.54) is 4.57 Å². The maximum absolute atomic E-state index is 12.2. The van der Waals surface area contributed by atoms with Crippen LogP contribution in [-0.2, 0) is 6.54 Å². The average molecular weight is 260 g/mol. The summed E-state index contributed by atoms with van der Waals surface area (Å²) in [5.41, 5.74) is 2.37. The van der Waals surface area contributed by atoms with Crippen molar-refractivity contribution in [3.05, 3.63) is 65.1 Å². The van der Waals surface area contributed by atoms with Crippen molar-refractivity contribution in [3.8, 4) is 23.5 Å². The molecule has 1 aromatic carbocycles. The van der Waals surface area contributed by atoms with Crippen LogP contribution in [0.1, 0.15) is 0 Å². The number of pyridine rings is 2. The van der Waals surface area contributed by atoms with Crippen molar-refractivity contribution >= 4 is 11.0 Å². The van der Waals surface area contributed by atoms with E-state index in [0.29, 0.717) is 5.65 Å². The van der Waals surface area contributed by atoms with E-state index in [-0.39, 0.29) is 12.1 Å². The molecule has 3 nitrogen and oxygen atoms in total. The van der Waals surface area contributed by atoms with Crippen LogP contribution in [0.5, 0.6) is 0 Å². The summed E-state index contributed by atoms with van der Waals surface area (Å²) in [6.45, 7) is 0.224. The SMILES string of the molecule is C#CCn1c(=O)cc(-c2ccccc2)c2cccnc21. The van der Waals surface area contributed by atoms with Crippen LogP contribution in [0.4, 0.5) is 0 Å². The zero-order chi connectivity index (χ0) is 13.9. The first-order valence-corrected chi connectivity index (χ1v) is 6.28. The predicted molar refractivity (Wildman–Crippen MR) is 80.3 cm³/mol. The molecule has 0 saturated carbocycles. The summed E-state index contributed by atoms with van der Waals surface area (Å²) in [6.07, 6.45) is 7.00. The fourth-order valence-electron chi connectivity index (χ4n) is 2.31. The van der Waals surface area contributed by atoms with E-state index < -0.39 is 0 Å². The highest BCUT2D eigenvalue weighted by molar-refractivity contribution is 5.92. The summed E-state index contributed by atoms with van der Waals surface area (Å²) >= 11 is 0. The predicted octanol–water partition coefficient (Wildman–Crippen LogP) is 2.70. The Morgan fingerprint density at radius 2 is 1.95 bits per heavy atom. The van der Waals surface area contributed by atoms with Gasteiger partial charge >= 0.3 is 0 Å². The Hall–Kier alpha value is -2.86. The number of benzene rings is 1. The van der Waals surface area contributed by atoms with Crippen LogP contribution in [0.25, 0.3) is 22.2 Å². The smallest absolute Gasteiger partial charge is 0.253 e. The van der Waals surface area contributed by atoms with E-state index in [1.807, 2.05) is 42.5 Å². The first-order chi connectivity index (χ1) is 9.81. The van der Waals surface area contributed by atoms with Crippen molar-refractivity contribution in [1.29, 1.82) is 0 Å². The van der Waals surface area contributed by atoms with E-state index >= 15 is 0 Å². The van der Waals surface area contributed by atoms with Gasteiger partial charge in [0.1, 0.15) is 5.65 Å². The van der Waals surface area contributed by atoms with Crippen LogP contribution in [-0.4, -0.2) is 9.55 Å². The van der Waals surface area contributed by atoms with Crippen molar-refractivity contribution in [3.63, 3.8) is 0 Å². The van der Waals surface area contributed by atoms with Crippen LogP contribution in [0, 0.1) is 12.3 Å². The molecule has 3 heteroatoms. The van der Waals surface area contributed by atoms with E-state index in [0.717, 1.165) is 16.5 Å². The van der Waals surface area contributed by atoms with Gasteiger partial charge in [-0.05, 0) is 23.3 Å². The molecular formula is C17H12N2O. The van der Waals surface area contributed by atoms with E-state index in [1.54, 1.807) is 12.3 Å². The summed E-state index contributed by atoms with van der Waals surface area (Å²) < 4.78 is 1.52. The van der Waals surface area contributed by atoms with Gasteiger partial charge in [0.25, 0.3) is 5.56 Å². The number of terminal acetylenes is 1. The van der Waals surface area contributed by atoms with Crippen LogP contribution in [0.3, 0.4) is 0 Å². The van der Waals surface area contributed by atoms with Crippen molar-refractivity contribution < 1.29 is 0 Å². The van der Waals surface area contributed by atoms with Crippen LogP contribution < -0.4 is 5.56 Å². The van der Waals surface area contributed by atoms with Gasteiger partial charge in [-0.3, -0.25) is 9.36 Å². The van der Waals surface area contributed by atoms with Crippen LogP contribution >= 0.6 is 0 Å². The molecule has 0 aliphatic carbocycles. The molecule has 0 unspecified atom stereocenters. The van der Waals surface area contributed by atoms with E-state index in [9.17, 15) is 4.79 Å². The lowest BCUT2D eigenvalue weighted by atomic mass is 10.0. The molecule has 0 aliphatic rings. The van der Waals surface area contributed by atoms with Gasteiger partial charge in [0.15, 0.2) is 0 Å². The molecule has 0 radical (unpaired) electrons. The molecule has 3 rings (SSSR count). The lowest BCUT2D eigenvalue weighted by molar-refractivity contribution is 0.823. The number of fused-ring (bicyclic) bond motifs is 1. The molecule has 0 bridgehead atoms. The lowest BCUT2D eigenvalue weighted by Gasteiger charge is -2.10. The monoisotopic (exact) mass is 260 g/mol. The maximum Gasteiger partial charge on any atom is 0.253 e. The summed E-state index contributed by atoms with van der Waals surface area (Å²) in [7, 11) is 0. The first kappa shape index (κ1) is 12.2. The van der Waals surface area contributed by atoms with Gasteiger partial charge in [0.05, 0.1) is 6.54 Å². The quantitative estimate of drug-likeness (QED) is 0.664. The highest BCUT2D eigenvalue weighted by Gasteiger charge is 2.10. The lowest BCUT2D eigenvalue weighted by Crippen LogP contribution is -2.20. The molecule has 2 heterocycles. The van der Waals surface area contributed by atoms with Crippen LogP contribution in [0.2, 0.25) is 0 Å². The first-order valence-electron chi connectivity index (χ1n) is 6.28. The molecule has 0 amide bonds. The largest absolute Gasteiger partial charge is 0.281 e. The van der Waals surface area contributed by atoms with Crippen molar-refractivity contribution in [2.45, 2.75) is 6.54 Å². The van der Waals surface area contributed by atoms with E-state index in [2.05, 4.69) is 10.9 Å². The standard InChI is InChI=1S/C17H12N2O/c1-2-11-19-16(20)12-15(13-7-4-3-5-8-13)14-9-6-10-18-17(14)19/h1,3-10,12H,11H2. The molecule has 96 valence electrons. The fraction of sp³-hybridized carbons (Fsp3) is 0.0588. The van der Waals surface area contributed by atoms with Gasteiger partial charge in [-0.15, -0.1) is 6.42 Å². The summed E-state index contributed by atoms with van der Waals surface area (Å²) in [4.78, 5) is 16.6. The summed E-state index contributed by atoms with van der Waals surface area (Å²) in [6, 6.07) is 15.2. The third-order valence-electron chi connectivity index (χ3n) is 3.20. The second kappa shape index (κ2) is 5.02. The molecule has 0 atom stereocenters. The summed E-state index contributed by atoms with van der Waals surface area (Å²) in [5.74, 6) is 2.50. The van der Waals surface area contributed by atoms with Crippen molar-refractivity contribution in [1.82, 2.24) is 9.55 Å². The number of hydrogen-bond acceptors (Lipinski definition) is 2. The fourth-order valence-corrected chi connectivity index (χ4v) is 2.31. The van der Waals surface area contributed by atoms with Gasteiger partial charge in [-0.1, -0.05) is 36.3 Å². The molecular weight excluding hydrogens is 248 g/mol. The summed E-state index contributed by atoms with van der Waals surface area (Å²) in [5, 5.41) is 0.925. The Labute approximate surface area is 116 Å². The highest BCUT2D eigenvalue weighted by Crippen LogP contribution is 2.25. The number of aromatic nitrogens is 2. The van der Waals surface area contributed by atoms with Gasteiger partial charge in [-0.2, -0.15) is 0 Å². The Morgan fingerprint density at radius 3 is 2.70 bits per heavy atom. The zero-order valence-electron chi connectivity index (χ0n) is 10.8. The van der Waals surface area contributed by atoms with Gasteiger partial charge in [0, 0.05) is 17.6 Å². The van der Waals surface area contributed by atoms with Gasteiger partial charge in [-0.25, -0.2) is 4.98 Å². The van der Waals surface area contributed by atoms with Crippen LogP contribution in [0.15, 0.2) is 59.5 Å². The van der Waals surface area contributed by atoms with Gasteiger partial charge < -0.3 is 0 Å². The molecule has 20 heavy (non-hydrogen) atoms. The number of rotatable bonds is 2. The normalized spacial score (nSPS) is 10.3. The Bertz CT molecular complexity index is 858. The minimum atomic E-state index is -0.131. The second-order valence-corrected chi connectivity index (χ2v) is 4.43. The third kappa shape index (κ3) is 1.98. The second-order valence-electron chi connectivity index (χ2n) is 4.43.